The summed E-state index contributed by atoms with van der Waals surface area (Å²) in [5.41, 5.74) is 1.46. The molecule has 2 aromatic carbocycles. The summed E-state index contributed by atoms with van der Waals surface area (Å²) in [7, 11) is 0. The Morgan fingerprint density at radius 3 is 2.30 bits per heavy atom. The predicted molar refractivity (Wildman–Crippen MR) is 81.3 cm³/mol. The van der Waals surface area contributed by atoms with Crippen LogP contribution < -0.4 is 5.32 Å². The van der Waals surface area contributed by atoms with Crippen LogP contribution in [0.15, 0.2) is 48.5 Å². The van der Waals surface area contributed by atoms with Gasteiger partial charge in [-0.2, -0.15) is 0 Å². The van der Waals surface area contributed by atoms with Crippen LogP contribution in [0, 0.1) is 0 Å². The van der Waals surface area contributed by atoms with E-state index < -0.39 is 0 Å². The number of carbonyl (C=O) groups is 1. The molecular formula is C16H13Cl2NO. The van der Waals surface area contributed by atoms with Crippen LogP contribution in [0.5, 0.6) is 0 Å². The Balaban J connectivity index is 1.81. The van der Waals surface area contributed by atoms with Gasteiger partial charge in [0.05, 0.1) is 15.6 Å². The molecule has 1 amide bonds. The van der Waals surface area contributed by atoms with Crippen LogP contribution in [-0.4, -0.2) is 5.91 Å². The molecule has 0 spiro atoms. The molecule has 3 rings (SSSR count). The van der Waals surface area contributed by atoms with Crippen LogP contribution in [0.3, 0.4) is 0 Å². The molecule has 102 valence electrons. The van der Waals surface area contributed by atoms with E-state index in [0.29, 0.717) is 15.6 Å². The maximum absolute atomic E-state index is 12.3. The Hall–Kier alpha value is -1.51. The number of hydrogen-bond donors (Lipinski definition) is 1. The highest BCUT2D eigenvalue weighted by Gasteiger charge is 2.45. The maximum atomic E-state index is 12.3. The van der Waals surface area contributed by atoms with Crippen LogP contribution in [0.1, 0.15) is 28.8 Å². The van der Waals surface area contributed by atoms with E-state index in [9.17, 15) is 4.79 Å². The molecule has 1 saturated carbocycles. The minimum Gasteiger partial charge on any atom is -0.343 e. The minimum absolute atomic E-state index is 0.120. The van der Waals surface area contributed by atoms with Crippen molar-refractivity contribution in [2.45, 2.75) is 18.4 Å². The zero-order chi connectivity index (χ0) is 14.2. The standard InChI is InChI=1S/C16H13Cl2NO/c17-13-7-6-11(10-14(13)18)15(20)19-16(8-9-16)12-4-2-1-3-5-12/h1-7,10H,8-9H2,(H,19,20). The average molecular weight is 306 g/mol. The molecule has 1 N–H and O–H groups in total. The van der Waals surface area contributed by atoms with Gasteiger partial charge in [-0.25, -0.2) is 0 Å². The van der Waals surface area contributed by atoms with Gasteiger partial charge in [0.2, 0.25) is 0 Å². The molecule has 1 aliphatic rings. The molecule has 0 unspecified atom stereocenters. The summed E-state index contributed by atoms with van der Waals surface area (Å²) >= 11 is 11.8. The lowest BCUT2D eigenvalue weighted by Gasteiger charge is -2.18. The number of nitrogens with one attached hydrogen (secondary N) is 1. The Kier molecular flexibility index (Phi) is 3.45. The quantitative estimate of drug-likeness (QED) is 0.894. The highest BCUT2D eigenvalue weighted by Crippen LogP contribution is 2.45. The summed E-state index contributed by atoms with van der Waals surface area (Å²) in [6, 6.07) is 15.0. The third-order valence-electron chi connectivity index (χ3n) is 3.61. The van der Waals surface area contributed by atoms with E-state index in [1.54, 1.807) is 18.2 Å². The molecule has 0 aliphatic heterocycles. The Morgan fingerprint density at radius 1 is 1.00 bits per heavy atom. The third-order valence-corrected chi connectivity index (χ3v) is 4.35. The normalized spacial score (nSPS) is 15.7. The van der Waals surface area contributed by atoms with Crippen molar-refractivity contribution in [3.8, 4) is 0 Å². The topological polar surface area (TPSA) is 29.1 Å². The number of amides is 1. The van der Waals surface area contributed by atoms with Crippen molar-refractivity contribution in [1.82, 2.24) is 5.32 Å². The van der Waals surface area contributed by atoms with E-state index in [2.05, 4.69) is 5.32 Å². The lowest BCUT2D eigenvalue weighted by Crippen LogP contribution is -2.34. The average Bonchev–Trinajstić information content (AvgIpc) is 3.23. The zero-order valence-corrected chi connectivity index (χ0v) is 12.2. The van der Waals surface area contributed by atoms with Crippen molar-refractivity contribution in [2.24, 2.45) is 0 Å². The molecule has 2 aromatic rings. The van der Waals surface area contributed by atoms with Gasteiger partial charge in [0.15, 0.2) is 0 Å². The van der Waals surface area contributed by atoms with Gasteiger partial charge < -0.3 is 5.32 Å². The van der Waals surface area contributed by atoms with Crippen molar-refractivity contribution in [2.75, 3.05) is 0 Å². The third kappa shape index (κ3) is 2.54. The van der Waals surface area contributed by atoms with Crippen molar-refractivity contribution in [3.05, 3.63) is 69.7 Å². The van der Waals surface area contributed by atoms with Gasteiger partial charge in [0, 0.05) is 5.56 Å². The first-order valence-electron chi connectivity index (χ1n) is 6.44. The van der Waals surface area contributed by atoms with E-state index >= 15 is 0 Å². The molecule has 0 aromatic heterocycles. The van der Waals surface area contributed by atoms with Gasteiger partial charge in [-0.05, 0) is 36.6 Å². The van der Waals surface area contributed by atoms with E-state index in [1.165, 1.54) is 0 Å². The van der Waals surface area contributed by atoms with Crippen molar-refractivity contribution in [1.29, 1.82) is 0 Å². The molecule has 2 nitrogen and oxygen atoms in total. The van der Waals surface area contributed by atoms with Gasteiger partial charge in [0.1, 0.15) is 0 Å². The highest BCUT2D eigenvalue weighted by molar-refractivity contribution is 6.42. The lowest BCUT2D eigenvalue weighted by molar-refractivity contribution is 0.0931. The van der Waals surface area contributed by atoms with Crippen LogP contribution in [0.25, 0.3) is 0 Å². The molecule has 1 aliphatic carbocycles. The van der Waals surface area contributed by atoms with Gasteiger partial charge >= 0.3 is 0 Å². The van der Waals surface area contributed by atoms with Crippen LogP contribution >= 0.6 is 23.2 Å². The number of carbonyl (C=O) groups excluding carboxylic acids is 1. The summed E-state index contributed by atoms with van der Waals surface area (Å²) in [5.74, 6) is -0.120. The molecule has 0 bridgehead atoms. The van der Waals surface area contributed by atoms with E-state index in [0.717, 1.165) is 18.4 Å². The Bertz CT molecular complexity index is 651. The van der Waals surface area contributed by atoms with E-state index in [4.69, 9.17) is 23.2 Å². The largest absolute Gasteiger partial charge is 0.343 e. The summed E-state index contributed by atoms with van der Waals surface area (Å²) in [6.45, 7) is 0. The maximum Gasteiger partial charge on any atom is 0.252 e. The van der Waals surface area contributed by atoms with Gasteiger partial charge in [-0.1, -0.05) is 53.5 Å². The monoisotopic (exact) mass is 305 g/mol. The lowest BCUT2D eigenvalue weighted by atomic mass is 10.0. The molecular weight excluding hydrogens is 293 g/mol. The van der Waals surface area contributed by atoms with Crippen LogP contribution in [-0.2, 0) is 5.54 Å². The van der Waals surface area contributed by atoms with E-state index in [1.807, 2.05) is 30.3 Å². The molecule has 0 radical (unpaired) electrons. The SMILES string of the molecule is O=C(NC1(c2ccccc2)CC1)c1ccc(Cl)c(Cl)c1. The van der Waals surface area contributed by atoms with Gasteiger partial charge in [-0.3, -0.25) is 4.79 Å². The van der Waals surface area contributed by atoms with Gasteiger partial charge in [-0.15, -0.1) is 0 Å². The first-order chi connectivity index (χ1) is 9.61. The predicted octanol–water partition coefficient (Wildman–Crippen LogP) is 4.41. The fourth-order valence-corrected chi connectivity index (χ4v) is 2.59. The van der Waals surface area contributed by atoms with Crippen LogP contribution in [0.4, 0.5) is 0 Å². The molecule has 0 atom stereocenters. The zero-order valence-electron chi connectivity index (χ0n) is 10.7. The molecule has 1 fully saturated rings. The summed E-state index contributed by atoms with van der Waals surface area (Å²) in [5, 5.41) is 3.95. The second-order valence-corrected chi connectivity index (χ2v) is 5.85. The highest BCUT2D eigenvalue weighted by atomic mass is 35.5. The number of halogens is 2. The van der Waals surface area contributed by atoms with E-state index in [-0.39, 0.29) is 11.4 Å². The first-order valence-corrected chi connectivity index (χ1v) is 7.19. The van der Waals surface area contributed by atoms with Crippen molar-refractivity contribution >= 4 is 29.1 Å². The Labute approximate surface area is 127 Å². The fraction of sp³-hybridized carbons (Fsp3) is 0.188. The number of rotatable bonds is 3. The second-order valence-electron chi connectivity index (χ2n) is 5.03. The second kappa shape index (κ2) is 5.12. The summed E-state index contributed by atoms with van der Waals surface area (Å²) in [6.07, 6.45) is 1.92. The van der Waals surface area contributed by atoms with Crippen molar-refractivity contribution in [3.63, 3.8) is 0 Å². The fourth-order valence-electron chi connectivity index (χ4n) is 2.29. The minimum atomic E-state index is -0.218. The van der Waals surface area contributed by atoms with Gasteiger partial charge in [0.25, 0.3) is 5.91 Å². The number of hydrogen-bond acceptors (Lipinski definition) is 1. The first kappa shape index (κ1) is 13.5. The smallest absolute Gasteiger partial charge is 0.252 e. The van der Waals surface area contributed by atoms with Crippen LogP contribution in [0.2, 0.25) is 10.0 Å². The summed E-state index contributed by atoms with van der Waals surface area (Å²) < 4.78 is 0. The molecule has 4 heteroatoms. The Morgan fingerprint density at radius 2 is 1.70 bits per heavy atom. The van der Waals surface area contributed by atoms with Crippen molar-refractivity contribution < 1.29 is 4.79 Å². The molecule has 0 saturated heterocycles. The number of benzene rings is 2. The molecule has 20 heavy (non-hydrogen) atoms. The molecule has 0 heterocycles. The summed E-state index contributed by atoms with van der Waals surface area (Å²) in [4.78, 5) is 12.3.